The summed E-state index contributed by atoms with van der Waals surface area (Å²) in [5.41, 5.74) is 2.67. The van der Waals surface area contributed by atoms with Crippen LogP contribution in [0.2, 0.25) is 0 Å². The summed E-state index contributed by atoms with van der Waals surface area (Å²) < 4.78 is 0. The summed E-state index contributed by atoms with van der Waals surface area (Å²) in [6, 6.07) is 14.6. The van der Waals surface area contributed by atoms with Crippen LogP contribution in [0.3, 0.4) is 0 Å². The minimum absolute atomic E-state index is 0.252. The van der Waals surface area contributed by atoms with Crippen molar-refractivity contribution < 1.29 is 4.79 Å². The van der Waals surface area contributed by atoms with Crippen LogP contribution in [0.5, 0.6) is 0 Å². The molecule has 1 aromatic carbocycles. The largest absolute Gasteiger partial charge is 0.342 e. The van der Waals surface area contributed by atoms with Crippen LogP contribution in [0.4, 0.5) is 0 Å². The van der Waals surface area contributed by atoms with Gasteiger partial charge in [-0.1, -0.05) is 36.4 Å². The van der Waals surface area contributed by atoms with Crippen molar-refractivity contribution in [2.24, 2.45) is 5.41 Å². The van der Waals surface area contributed by atoms with Crippen LogP contribution in [0, 0.1) is 5.41 Å². The van der Waals surface area contributed by atoms with Gasteiger partial charge in [-0.3, -0.25) is 14.7 Å². The van der Waals surface area contributed by atoms with E-state index in [1.54, 1.807) is 12.4 Å². The first-order valence-electron chi connectivity index (χ1n) is 10.2. The fraction of sp³-hybridized carbons (Fsp3) is 0.478. The lowest BCUT2D eigenvalue weighted by molar-refractivity contribution is -0.135. The predicted octanol–water partition coefficient (Wildman–Crippen LogP) is 3.53. The average Bonchev–Trinajstić information content (AvgIpc) is 2.70. The molecule has 0 aliphatic carbocycles. The first kappa shape index (κ1) is 18.2. The van der Waals surface area contributed by atoms with E-state index in [1.165, 1.54) is 31.4 Å². The molecule has 3 heterocycles. The van der Waals surface area contributed by atoms with E-state index >= 15 is 0 Å². The quantitative estimate of drug-likeness (QED) is 0.834. The number of carbonyl (C=O) groups excluding carboxylic acids is 1. The summed E-state index contributed by atoms with van der Waals surface area (Å²) in [6.45, 7) is 5.11. The third-order valence-corrected chi connectivity index (χ3v) is 6.08. The first-order valence-corrected chi connectivity index (χ1v) is 10.2. The Labute approximate surface area is 162 Å². The van der Waals surface area contributed by atoms with Gasteiger partial charge in [0.05, 0.1) is 6.42 Å². The lowest BCUT2D eigenvalue weighted by Gasteiger charge is -2.48. The summed E-state index contributed by atoms with van der Waals surface area (Å²) in [4.78, 5) is 21.7. The van der Waals surface area contributed by atoms with Crippen molar-refractivity contribution in [2.45, 2.75) is 38.6 Å². The highest BCUT2D eigenvalue weighted by Gasteiger charge is 2.40. The Hall–Kier alpha value is -2.20. The van der Waals surface area contributed by atoms with Crippen molar-refractivity contribution in [1.29, 1.82) is 0 Å². The normalized spacial score (nSPS) is 23.5. The summed E-state index contributed by atoms with van der Waals surface area (Å²) in [6.07, 6.45) is 8.88. The highest BCUT2D eigenvalue weighted by Crippen LogP contribution is 2.39. The molecule has 2 aliphatic heterocycles. The second kappa shape index (κ2) is 8.22. The van der Waals surface area contributed by atoms with Gasteiger partial charge in [0, 0.05) is 44.0 Å². The van der Waals surface area contributed by atoms with Crippen molar-refractivity contribution in [2.75, 3.05) is 26.2 Å². The SMILES string of the molecule is O=C(Cc1cccnc1)N1CCCC2(CCCN(Cc3ccccc3)C2)C1. The number of nitrogens with zero attached hydrogens (tertiary/aromatic N) is 3. The Morgan fingerprint density at radius 3 is 2.52 bits per heavy atom. The van der Waals surface area contributed by atoms with Gasteiger partial charge in [-0.05, 0) is 49.4 Å². The van der Waals surface area contributed by atoms with E-state index in [-0.39, 0.29) is 11.3 Å². The smallest absolute Gasteiger partial charge is 0.227 e. The predicted molar refractivity (Wildman–Crippen MR) is 107 cm³/mol. The lowest BCUT2D eigenvalue weighted by Crippen LogP contribution is -2.53. The van der Waals surface area contributed by atoms with Crippen molar-refractivity contribution in [3.63, 3.8) is 0 Å². The maximum absolute atomic E-state index is 12.9. The Morgan fingerprint density at radius 1 is 0.963 bits per heavy atom. The van der Waals surface area contributed by atoms with Gasteiger partial charge in [-0.15, -0.1) is 0 Å². The van der Waals surface area contributed by atoms with Gasteiger partial charge >= 0.3 is 0 Å². The molecule has 0 bridgehead atoms. The Morgan fingerprint density at radius 2 is 1.74 bits per heavy atom. The minimum Gasteiger partial charge on any atom is -0.342 e. The third kappa shape index (κ3) is 4.56. The number of benzene rings is 1. The molecule has 0 N–H and O–H groups in total. The number of carbonyl (C=O) groups is 1. The van der Waals surface area contributed by atoms with E-state index in [1.807, 2.05) is 12.1 Å². The second-order valence-electron chi connectivity index (χ2n) is 8.26. The fourth-order valence-electron chi connectivity index (χ4n) is 4.83. The topological polar surface area (TPSA) is 36.4 Å². The van der Waals surface area contributed by atoms with E-state index in [0.29, 0.717) is 6.42 Å². The van der Waals surface area contributed by atoms with Crippen LogP contribution >= 0.6 is 0 Å². The maximum atomic E-state index is 12.9. The summed E-state index contributed by atoms with van der Waals surface area (Å²) in [7, 11) is 0. The molecule has 1 atom stereocenters. The number of likely N-dealkylation sites (tertiary alicyclic amines) is 2. The van der Waals surface area contributed by atoms with Gasteiger partial charge < -0.3 is 4.90 Å². The Balaban J connectivity index is 1.39. The van der Waals surface area contributed by atoms with Gasteiger partial charge in [0.2, 0.25) is 5.91 Å². The zero-order valence-electron chi connectivity index (χ0n) is 16.0. The standard InChI is InChI=1S/C23H29N3O/c27-22(15-21-9-4-12-24-16-21)26-14-6-11-23(19-26)10-5-13-25(18-23)17-20-7-2-1-3-8-20/h1-4,7-9,12,16H,5-6,10-11,13-15,17-19H2. The molecule has 2 aliphatic rings. The molecule has 2 aromatic rings. The van der Waals surface area contributed by atoms with Crippen molar-refractivity contribution in [3.05, 3.63) is 66.0 Å². The molecular formula is C23H29N3O. The zero-order valence-corrected chi connectivity index (χ0v) is 16.0. The Kier molecular flexibility index (Phi) is 5.53. The van der Waals surface area contributed by atoms with Gasteiger partial charge in [0.15, 0.2) is 0 Å². The molecule has 142 valence electrons. The molecule has 4 nitrogen and oxygen atoms in total. The van der Waals surface area contributed by atoms with Crippen LogP contribution in [0.25, 0.3) is 0 Å². The number of piperidine rings is 2. The van der Waals surface area contributed by atoms with Crippen molar-refractivity contribution in [3.8, 4) is 0 Å². The summed E-state index contributed by atoms with van der Waals surface area (Å²) in [5, 5.41) is 0. The molecule has 4 rings (SSSR count). The molecule has 0 saturated carbocycles. The molecule has 4 heteroatoms. The summed E-state index contributed by atoms with van der Waals surface area (Å²) >= 11 is 0. The molecule has 1 amide bonds. The second-order valence-corrected chi connectivity index (χ2v) is 8.26. The van der Waals surface area contributed by atoms with E-state index < -0.39 is 0 Å². The maximum Gasteiger partial charge on any atom is 0.227 e. The Bertz CT molecular complexity index is 745. The number of aromatic nitrogens is 1. The molecule has 1 aromatic heterocycles. The molecule has 0 radical (unpaired) electrons. The average molecular weight is 364 g/mol. The molecular weight excluding hydrogens is 334 g/mol. The third-order valence-electron chi connectivity index (χ3n) is 6.08. The van der Waals surface area contributed by atoms with Crippen LogP contribution in [-0.2, 0) is 17.8 Å². The molecule has 1 spiro atoms. The number of amides is 1. The monoisotopic (exact) mass is 363 g/mol. The zero-order chi connectivity index (χ0) is 18.5. The van der Waals surface area contributed by atoms with Crippen molar-refractivity contribution in [1.82, 2.24) is 14.8 Å². The summed E-state index contributed by atoms with van der Waals surface area (Å²) in [5.74, 6) is 0.252. The number of hydrogen-bond acceptors (Lipinski definition) is 3. The molecule has 1 unspecified atom stereocenters. The van der Waals surface area contributed by atoms with Crippen LogP contribution in [0.15, 0.2) is 54.9 Å². The van der Waals surface area contributed by atoms with Gasteiger partial charge in [0.25, 0.3) is 0 Å². The number of hydrogen-bond donors (Lipinski definition) is 0. The fourth-order valence-corrected chi connectivity index (χ4v) is 4.83. The molecule has 2 fully saturated rings. The van der Waals surface area contributed by atoms with Crippen LogP contribution in [-0.4, -0.2) is 46.9 Å². The highest BCUT2D eigenvalue weighted by molar-refractivity contribution is 5.78. The van der Waals surface area contributed by atoms with Gasteiger partial charge in [-0.2, -0.15) is 0 Å². The van der Waals surface area contributed by atoms with E-state index in [2.05, 4.69) is 45.1 Å². The molecule has 2 saturated heterocycles. The van der Waals surface area contributed by atoms with E-state index in [0.717, 1.165) is 38.2 Å². The lowest BCUT2D eigenvalue weighted by atomic mass is 9.73. The highest BCUT2D eigenvalue weighted by atomic mass is 16.2. The molecule has 27 heavy (non-hydrogen) atoms. The minimum atomic E-state index is 0.252. The number of pyridine rings is 1. The van der Waals surface area contributed by atoms with Gasteiger partial charge in [-0.25, -0.2) is 0 Å². The van der Waals surface area contributed by atoms with Gasteiger partial charge in [0.1, 0.15) is 0 Å². The van der Waals surface area contributed by atoms with Crippen LogP contribution in [0.1, 0.15) is 36.8 Å². The van der Waals surface area contributed by atoms with E-state index in [4.69, 9.17) is 0 Å². The van der Waals surface area contributed by atoms with Crippen LogP contribution < -0.4 is 0 Å². The van der Waals surface area contributed by atoms with Crippen molar-refractivity contribution >= 4 is 5.91 Å². The van der Waals surface area contributed by atoms with E-state index in [9.17, 15) is 4.79 Å². The number of rotatable bonds is 4. The first-order chi connectivity index (χ1) is 13.2.